The van der Waals surface area contributed by atoms with Crippen molar-refractivity contribution in [3.8, 4) is 0 Å². The number of benzene rings is 2. The molecule has 0 radical (unpaired) electrons. The molecule has 2 aromatic rings. The minimum atomic E-state index is 0.693. The Bertz CT molecular complexity index is 536. The van der Waals surface area contributed by atoms with Gasteiger partial charge in [0.1, 0.15) is 0 Å². The highest BCUT2D eigenvalue weighted by molar-refractivity contribution is 5.28. The molecule has 0 unspecified atom stereocenters. The molecule has 0 atom stereocenters. The summed E-state index contributed by atoms with van der Waals surface area (Å²) in [5.41, 5.74) is 5.28. The van der Waals surface area contributed by atoms with Crippen molar-refractivity contribution in [3.05, 3.63) is 70.8 Å². The van der Waals surface area contributed by atoms with Crippen LogP contribution >= 0.6 is 0 Å². The van der Waals surface area contributed by atoms with Gasteiger partial charge in [0.25, 0.3) is 0 Å². The largest absolute Gasteiger partial charge is 0.377 e. The number of ether oxygens (including phenoxy) is 1. The molecule has 0 aliphatic carbocycles. The third-order valence-electron chi connectivity index (χ3n) is 3.47. The Balaban J connectivity index is 1.92. The minimum Gasteiger partial charge on any atom is -0.377 e. The summed E-state index contributed by atoms with van der Waals surface area (Å²) in [4.78, 5) is 0. The molecule has 0 bridgehead atoms. The molecule has 0 spiro atoms. The summed E-state index contributed by atoms with van der Waals surface area (Å²) in [5.74, 6) is 0. The fourth-order valence-corrected chi connectivity index (χ4v) is 2.22. The van der Waals surface area contributed by atoms with E-state index in [1.54, 1.807) is 0 Å². The van der Waals surface area contributed by atoms with E-state index < -0.39 is 0 Å². The van der Waals surface area contributed by atoms with Crippen LogP contribution in [0.5, 0.6) is 0 Å². The maximum Gasteiger partial charge on any atom is 0.0719 e. The van der Waals surface area contributed by atoms with Crippen molar-refractivity contribution in [2.24, 2.45) is 0 Å². The lowest BCUT2D eigenvalue weighted by molar-refractivity contribution is 0.133. The van der Waals surface area contributed by atoms with Gasteiger partial charge in [-0.25, -0.2) is 0 Å². The number of hydrogen-bond acceptors (Lipinski definition) is 2. The first-order valence-corrected chi connectivity index (χ1v) is 7.21. The second-order valence-electron chi connectivity index (χ2n) is 4.94. The smallest absolute Gasteiger partial charge is 0.0719 e. The van der Waals surface area contributed by atoms with Gasteiger partial charge in [-0.05, 0) is 36.1 Å². The maximum atomic E-state index is 5.52. The normalized spacial score (nSPS) is 10.7. The van der Waals surface area contributed by atoms with Crippen LogP contribution in [-0.4, -0.2) is 6.61 Å². The first-order chi connectivity index (χ1) is 9.81. The van der Waals surface area contributed by atoms with Gasteiger partial charge < -0.3 is 10.1 Å². The van der Waals surface area contributed by atoms with Gasteiger partial charge in [0.15, 0.2) is 0 Å². The molecule has 106 valence electrons. The van der Waals surface area contributed by atoms with Crippen LogP contribution in [0.1, 0.15) is 29.2 Å². The monoisotopic (exact) mass is 269 g/mol. The van der Waals surface area contributed by atoms with Crippen molar-refractivity contribution >= 4 is 0 Å². The molecule has 0 aliphatic heterocycles. The molecule has 2 aromatic carbocycles. The SMILES string of the molecule is CCOCc1ccccc1CNCc1ccccc1C. The van der Waals surface area contributed by atoms with Gasteiger partial charge in [-0.15, -0.1) is 0 Å². The van der Waals surface area contributed by atoms with Gasteiger partial charge in [-0.2, -0.15) is 0 Å². The Morgan fingerprint density at radius 2 is 1.45 bits per heavy atom. The summed E-state index contributed by atoms with van der Waals surface area (Å²) >= 11 is 0. The Kier molecular flexibility index (Phi) is 5.78. The van der Waals surface area contributed by atoms with Crippen molar-refractivity contribution in [2.45, 2.75) is 33.5 Å². The van der Waals surface area contributed by atoms with Crippen LogP contribution in [0.4, 0.5) is 0 Å². The molecule has 0 saturated carbocycles. The van der Waals surface area contributed by atoms with Crippen LogP contribution in [0.3, 0.4) is 0 Å². The molecule has 2 rings (SSSR count). The molecule has 2 heteroatoms. The summed E-state index contributed by atoms with van der Waals surface area (Å²) in [5, 5.41) is 3.52. The number of rotatable bonds is 7. The van der Waals surface area contributed by atoms with Crippen LogP contribution in [0.2, 0.25) is 0 Å². The van der Waals surface area contributed by atoms with E-state index in [0.717, 1.165) is 19.7 Å². The average Bonchev–Trinajstić information content (AvgIpc) is 2.48. The van der Waals surface area contributed by atoms with E-state index >= 15 is 0 Å². The highest BCUT2D eigenvalue weighted by atomic mass is 16.5. The van der Waals surface area contributed by atoms with Gasteiger partial charge >= 0.3 is 0 Å². The lowest BCUT2D eigenvalue weighted by Gasteiger charge is -2.11. The van der Waals surface area contributed by atoms with E-state index in [1.807, 2.05) is 6.92 Å². The Morgan fingerprint density at radius 1 is 0.850 bits per heavy atom. The Labute approximate surface area is 121 Å². The summed E-state index contributed by atoms with van der Waals surface area (Å²) in [7, 11) is 0. The minimum absolute atomic E-state index is 0.693. The van der Waals surface area contributed by atoms with E-state index in [0.29, 0.717) is 6.61 Å². The van der Waals surface area contributed by atoms with Crippen molar-refractivity contribution in [2.75, 3.05) is 6.61 Å². The second kappa shape index (κ2) is 7.83. The first kappa shape index (κ1) is 14.8. The van der Waals surface area contributed by atoms with Gasteiger partial charge in [0.05, 0.1) is 6.61 Å². The highest BCUT2D eigenvalue weighted by Gasteiger charge is 2.02. The van der Waals surface area contributed by atoms with E-state index in [-0.39, 0.29) is 0 Å². The fraction of sp³-hybridized carbons (Fsp3) is 0.333. The number of hydrogen-bond donors (Lipinski definition) is 1. The van der Waals surface area contributed by atoms with Crippen LogP contribution < -0.4 is 5.32 Å². The van der Waals surface area contributed by atoms with Gasteiger partial charge in [-0.3, -0.25) is 0 Å². The van der Waals surface area contributed by atoms with Crippen LogP contribution in [0, 0.1) is 6.92 Å². The second-order valence-corrected chi connectivity index (χ2v) is 4.94. The zero-order chi connectivity index (χ0) is 14.2. The van der Waals surface area contributed by atoms with Crippen LogP contribution in [-0.2, 0) is 24.4 Å². The lowest BCUT2D eigenvalue weighted by atomic mass is 10.1. The standard InChI is InChI=1S/C18H23NO/c1-3-20-14-18-11-7-6-10-17(18)13-19-12-16-9-5-4-8-15(16)2/h4-11,19H,3,12-14H2,1-2H3. The van der Waals surface area contributed by atoms with E-state index in [9.17, 15) is 0 Å². The number of nitrogens with one attached hydrogen (secondary N) is 1. The molecule has 2 nitrogen and oxygen atoms in total. The Hall–Kier alpha value is -1.64. The first-order valence-electron chi connectivity index (χ1n) is 7.21. The molecule has 0 amide bonds. The van der Waals surface area contributed by atoms with Crippen molar-refractivity contribution in [1.29, 1.82) is 0 Å². The lowest BCUT2D eigenvalue weighted by Crippen LogP contribution is -2.15. The third kappa shape index (κ3) is 4.19. The van der Waals surface area contributed by atoms with Crippen molar-refractivity contribution < 1.29 is 4.74 Å². The van der Waals surface area contributed by atoms with Gasteiger partial charge in [0, 0.05) is 19.7 Å². The Morgan fingerprint density at radius 3 is 2.15 bits per heavy atom. The van der Waals surface area contributed by atoms with Crippen molar-refractivity contribution in [3.63, 3.8) is 0 Å². The summed E-state index contributed by atoms with van der Waals surface area (Å²) in [6.45, 7) is 7.40. The van der Waals surface area contributed by atoms with Gasteiger partial charge in [-0.1, -0.05) is 48.5 Å². The number of aryl methyl sites for hydroxylation is 1. The average molecular weight is 269 g/mol. The maximum absolute atomic E-state index is 5.52. The zero-order valence-corrected chi connectivity index (χ0v) is 12.4. The molecule has 0 saturated heterocycles. The van der Waals surface area contributed by atoms with E-state index in [2.05, 4.69) is 60.8 Å². The fourth-order valence-electron chi connectivity index (χ4n) is 2.22. The predicted octanol–water partition coefficient (Wildman–Crippen LogP) is 3.82. The van der Waals surface area contributed by atoms with Crippen molar-refractivity contribution in [1.82, 2.24) is 5.32 Å². The van der Waals surface area contributed by atoms with Crippen LogP contribution in [0.25, 0.3) is 0 Å². The van der Waals surface area contributed by atoms with E-state index in [4.69, 9.17) is 4.74 Å². The molecule has 0 fully saturated rings. The van der Waals surface area contributed by atoms with Gasteiger partial charge in [0.2, 0.25) is 0 Å². The molecule has 0 heterocycles. The highest BCUT2D eigenvalue weighted by Crippen LogP contribution is 2.11. The zero-order valence-electron chi connectivity index (χ0n) is 12.4. The quantitative estimate of drug-likeness (QED) is 0.825. The van der Waals surface area contributed by atoms with E-state index in [1.165, 1.54) is 22.3 Å². The summed E-state index contributed by atoms with van der Waals surface area (Å²) < 4.78 is 5.52. The molecule has 0 aromatic heterocycles. The third-order valence-corrected chi connectivity index (χ3v) is 3.47. The predicted molar refractivity (Wildman–Crippen MR) is 83.5 cm³/mol. The summed E-state index contributed by atoms with van der Waals surface area (Å²) in [6, 6.07) is 17.0. The molecular weight excluding hydrogens is 246 g/mol. The molecule has 20 heavy (non-hydrogen) atoms. The summed E-state index contributed by atoms with van der Waals surface area (Å²) in [6.07, 6.45) is 0. The molecule has 1 N–H and O–H groups in total. The molecule has 0 aliphatic rings. The molecular formula is C18H23NO. The topological polar surface area (TPSA) is 21.3 Å². The van der Waals surface area contributed by atoms with Crippen LogP contribution in [0.15, 0.2) is 48.5 Å².